The van der Waals surface area contributed by atoms with Gasteiger partial charge in [0.15, 0.2) is 0 Å². The first-order chi connectivity index (χ1) is 9.71. The fourth-order valence-electron chi connectivity index (χ4n) is 4.02. The maximum Gasteiger partial charge on any atom is 0.239 e. The molecule has 2 saturated heterocycles. The summed E-state index contributed by atoms with van der Waals surface area (Å²) < 4.78 is 0. The molecule has 0 bridgehead atoms. The number of hydrogen-bond donors (Lipinski definition) is 1. The number of amides is 1. The molecule has 3 unspecified atom stereocenters. The molecule has 0 aromatic carbocycles. The standard InChI is InChI=1S/C16H29N3O/c1-3-18-6-4-12(5-7-18)10-19-11-14-8-13(14)9-15(17-2)16(19)20/h12-15,17H,3-11H2,1-2H3. The molecule has 0 radical (unpaired) electrons. The Morgan fingerprint density at radius 2 is 1.95 bits per heavy atom. The van der Waals surface area contributed by atoms with Crippen LogP contribution in [0.1, 0.15) is 32.6 Å². The van der Waals surface area contributed by atoms with E-state index in [-0.39, 0.29) is 6.04 Å². The van der Waals surface area contributed by atoms with E-state index in [0.717, 1.165) is 37.3 Å². The third kappa shape index (κ3) is 3.01. The van der Waals surface area contributed by atoms with Gasteiger partial charge in [-0.05, 0) is 70.1 Å². The minimum atomic E-state index is 0.0724. The molecular weight excluding hydrogens is 250 g/mol. The predicted molar refractivity (Wildman–Crippen MR) is 80.5 cm³/mol. The molecule has 114 valence electrons. The molecule has 2 heterocycles. The molecule has 3 aliphatic rings. The number of likely N-dealkylation sites (tertiary alicyclic amines) is 2. The van der Waals surface area contributed by atoms with Gasteiger partial charge in [-0.2, -0.15) is 0 Å². The molecule has 3 rings (SSSR count). The third-order valence-corrected chi connectivity index (χ3v) is 5.65. The molecule has 4 heteroatoms. The lowest BCUT2D eigenvalue weighted by Crippen LogP contribution is -2.47. The Kier molecular flexibility index (Phi) is 4.32. The largest absolute Gasteiger partial charge is 0.341 e. The van der Waals surface area contributed by atoms with Crippen LogP contribution in [-0.4, -0.2) is 61.5 Å². The van der Waals surface area contributed by atoms with Gasteiger partial charge in [-0.1, -0.05) is 6.92 Å². The fourth-order valence-corrected chi connectivity index (χ4v) is 4.02. The van der Waals surface area contributed by atoms with Crippen molar-refractivity contribution >= 4 is 5.91 Å². The summed E-state index contributed by atoms with van der Waals surface area (Å²) in [6.45, 7) is 7.85. The maximum absolute atomic E-state index is 12.6. The van der Waals surface area contributed by atoms with Crippen LogP contribution >= 0.6 is 0 Å². The lowest BCUT2D eigenvalue weighted by molar-refractivity contribution is -0.134. The number of nitrogens with one attached hydrogen (secondary N) is 1. The molecule has 20 heavy (non-hydrogen) atoms. The van der Waals surface area contributed by atoms with Crippen LogP contribution < -0.4 is 5.32 Å². The summed E-state index contributed by atoms with van der Waals surface area (Å²) in [5, 5.41) is 3.23. The highest BCUT2D eigenvalue weighted by Gasteiger charge is 2.45. The van der Waals surface area contributed by atoms with Crippen molar-refractivity contribution in [3.05, 3.63) is 0 Å². The van der Waals surface area contributed by atoms with Gasteiger partial charge in [0.25, 0.3) is 0 Å². The predicted octanol–water partition coefficient (Wildman–Crippen LogP) is 1.17. The van der Waals surface area contributed by atoms with Crippen molar-refractivity contribution in [3.63, 3.8) is 0 Å². The molecule has 0 spiro atoms. The van der Waals surface area contributed by atoms with Crippen LogP contribution in [0.15, 0.2) is 0 Å². The average molecular weight is 279 g/mol. The van der Waals surface area contributed by atoms with Crippen molar-refractivity contribution in [2.24, 2.45) is 17.8 Å². The third-order valence-electron chi connectivity index (χ3n) is 5.65. The van der Waals surface area contributed by atoms with Crippen molar-refractivity contribution in [1.29, 1.82) is 0 Å². The Morgan fingerprint density at radius 1 is 1.20 bits per heavy atom. The minimum Gasteiger partial charge on any atom is -0.341 e. The van der Waals surface area contributed by atoms with Crippen molar-refractivity contribution in [2.75, 3.05) is 39.8 Å². The van der Waals surface area contributed by atoms with Crippen molar-refractivity contribution < 1.29 is 4.79 Å². The van der Waals surface area contributed by atoms with Crippen molar-refractivity contribution in [2.45, 2.75) is 38.6 Å². The second kappa shape index (κ2) is 6.02. The molecule has 1 saturated carbocycles. The number of fused-ring (bicyclic) bond motifs is 1. The van der Waals surface area contributed by atoms with Gasteiger partial charge in [-0.25, -0.2) is 0 Å². The molecule has 0 aromatic heterocycles. The van der Waals surface area contributed by atoms with Gasteiger partial charge in [0.1, 0.15) is 0 Å². The maximum atomic E-state index is 12.6. The van der Waals surface area contributed by atoms with Gasteiger partial charge >= 0.3 is 0 Å². The normalized spacial score (nSPS) is 35.8. The van der Waals surface area contributed by atoms with Crippen LogP contribution in [0.25, 0.3) is 0 Å². The second-order valence-electron chi connectivity index (χ2n) is 6.95. The number of hydrogen-bond acceptors (Lipinski definition) is 3. The first kappa shape index (κ1) is 14.3. The highest BCUT2D eigenvalue weighted by molar-refractivity contribution is 5.82. The Labute approximate surface area is 122 Å². The van der Waals surface area contributed by atoms with E-state index in [9.17, 15) is 4.79 Å². The molecule has 1 amide bonds. The molecule has 0 aromatic rings. The van der Waals surface area contributed by atoms with E-state index >= 15 is 0 Å². The molecule has 1 N–H and O–H groups in total. The average Bonchev–Trinajstić information content (AvgIpc) is 3.22. The smallest absolute Gasteiger partial charge is 0.239 e. The zero-order valence-electron chi connectivity index (χ0n) is 13.0. The number of likely N-dealkylation sites (N-methyl/N-ethyl adjacent to an activating group) is 1. The summed E-state index contributed by atoms with van der Waals surface area (Å²) in [6, 6.07) is 0.0724. The summed E-state index contributed by atoms with van der Waals surface area (Å²) in [7, 11) is 1.93. The molecule has 4 nitrogen and oxygen atoms in total. The monoisotopic (exact) mass is 279 g/mol. The summed E-state index contributed by atoms with van der Waals surface area (Å²) >= 11 is 0. The zero-order valence-corrected chi connectivity index (χ0v) is 13.0. The van der Waals surface area contributed by atoms with E-state index in [1.54, 1.807) is 0 Å². The number of rotatable bonds is 4. The zero-order chi connectivity index (χ0) is 14.1. The van der Waals surface area contributed by atoms with Gasteiger partial charge in [-0.3, -0.25) is 4.79 Å². The SMILES string of the molecule is CCN1CCC(CN2CC3CC3CC(NC)C2=O)CC1. The molecule has 2 aliphatic heterocycles. The van der Waals surface area contributed by atoms with Crippen molar-refractivity contribution in [1.82, 2.24) is 15.1 Å². The number of carbonyl (C=O) groups is 1. The van der Waals surface area contributed by atoms with Gasteiger partial charge in [0.2, 0.25) is 5.91 Å². The lowest BCUT2D eigenvalue weighted by atomic mass is 9.96. The quantitative estimate of drug-likeness (QED) is 0.839. The van der Waals surface area contributed by atoms with E-state index in [0.29, 0.717) is 5.91 Å². The summed E-state index contributed by atoms with van der Waals surface area (Å²) in [5.74, 6) is 2.68. The first-order valence-electron chi connectivity index (χ1n) is 8.39. The van der Waals surface area contributed by atoms with Crippen LogP contribution in [0.3, 0.4) is 0 Å². The summed E-state index contributed by atoms with van der Waals surface area (Å²) in [5.41, 5.74) is 0. The van der Waals surface area contributed by atoms with E-state index in [1.165, 1.54) is 38.9 Å². The first-order valence-corrected chi connectivity index (χ1v) is 8.39. The van der Waals surface area contributed by atoms with Gasteiger partial charge in [0.05, 0.1) is 6.04 Å². The minimum absolute atomic E-state index is 0.0724. The van der Waals surface area contributed by atoms with E-state index in [2.05, 4.69) is 22.0 Å². The van der Waals surface area contributed by atoms with Gasteiger partial charge < -0.3 is 15.1 Å². The summed E-state index contributed by atoms with van der Waals surface area (Å²) in [4.78, 5) is 17.3. The van der Waals surface area contributed by atoms with Gasteiger partial charge in [-0.15, -0.1) is 0 Å². The lowest BCUT2D eigenvalue weighted by Gasteiger charge is -2.35. The van der Waals surface area contributed by atoms with Crippen LogP contribution in [0.2, 0.25) is 0 Å². The van der Waals surface area contributed by atoms with Gasteiger partial charge in [0, 0.05) is 13.1 Å². The number of piperidine rings is 1. The topological polar surface area (TPSA) is 35.6 Å². The Hall–Kier alpha value is -0.610. The Morgan fingerprint density at radius 3 is 2.60 bits per heavy atom. The van der Waals surface area contributed by atoms with Crippen LogP contribution in [0, 0.1) is 17.8 Å². The van der Waals surface area contributed by atoms with E-state index in [1.807, 2.05) is 7.05 Å². The highest BCUT2D eigenvalue weighted by Crippen LogP contribution is 2.44. The number of nitrogens with zero attached hydrogens (tertiary/aromatic N) is 2. The van der Waals surface area contributed by atoms with Crippen LogP contribution in [0.5, 0.6) is 0 Å². The molecule has 3 fully saturated rings. The van der Waals surface area contributed by atoms with E-state index < -0.39 is 0 Å². The van der Waals surface area contributed by atoms with Crippen molar-refractivity contribution in [3.8, 4) is 0 Å². The second-order valence-corrected chi connectivity index (χ2v) is 6.95. The van der Waals surface area contributed by atoms with Crippen LogP contribution in [-0.2, 0) is 4.79 Å². The summed E-state index contributed by atoms with van der Waals surface area (Å²) in [6.07, 6.45) is 4.92. The Balaban J connectivity index is 1.56. The Bertz CT molecular complexity index is 352. The fraction of sp³-hybridized carbons (Fsp3) is 0.938. The molecule has 3 atom stereocenters. The van der Waals surface area contributed by atoms with Crippen LogP contribution in [0.4, 0.5) is 0 Å². The molecular formula is C16H29N3O. The molecule has 1 aliphatic carbocycles. The number of carbonyl (C=O) groups excluding carboxylic acids is 1. The highest BCUT2D eigenvalue weighted by atomic mass is 16.2. The van der Waals surface area contributed by atoms with E-state index in [4.69, 9.17) is 0 Å².